The van der Waals surface area contributed by atoms with E-state index >= 15 is 0 Å². The van der Waals surface area contributed by atoms with Crippen LogP contribution in [0.1, 0.15) is 6.42 Å². The summed E-state index contributed by atoms with van der Waals surface area (Å²) in [4.78, 5) is 18.6. The molecule has 9 heteroatoms. The van der Waals surface area contributed by atoms with Crippen molar-refractivity contribution in [2.75, 3.05) is 25.7 Å². The molecule has 0 saturated carbocycles. The van der Waals surface area contributed by atoms with Gasteiger partial charge in [0.05, 0.1) is 21.7 Å². The standard InChI is InChI=1S/C20H22N2O4S3/c1-26-12-11-22-17-9-8-16(29(2,24)25)14-18(17)28-20(22)21-19(23)10-13-27-15-6-4-3-5-7-15/h3-9,14H,10-13H2,1-2H3. The number of thiazole rings is 1. The topological polar surface area (TPSA) is 77.7 Å². The predicted molar refractivity (Wildman–Crippen MR) is 117 cm³/mol. The van der Waals surface area contributed by atoms with Crippen molar-refractivity contribution in [3.63, 3.8) is 0 Å². The van der Waals surface area contributed by atoms with Gasteiger partial charge in [0.15, 0.2) is 14.6 Å². The largest absolute Gasteiger partial charge is 0.383 e. The third kappa shape index (κ3) is 5.79. The number of amides is 1. The fourth-order valence-electron chi connectivity index (χ4n) is 2.70. The predicted octanol–water partition coefficient (Wildman–Crippen LogP) is 3.36. The van der Waals surface area contributed by atoms with Crippen LogP contribution in [-0.4, -0.2) is 44.6 Å². The Kier molecular flexibility index (Phi) is 7.28. The van der Waals surface area contributed by atoms with E-state index in [1.807, 2.05) is 34.9 Å². The average molecular weight is 451 g/mol. The van der Waals surface area contributed by atoms with Gasteiger partial charge < -0.3 is 9.30 Å². The Morgan fingerprint density at radius 1 is 1.21 bits per heavy atom. The van der Waals surface area contributed by atoms with Gasteiger partial charge in [-0.05, 0) is 30.3 Å². The number of carbonyl (C=O) groups is 1. The Morgan fingerprint density at radius 2 is 1.97 bits per heavy atom. The Hall–Kier alpha value is -1.94. The van der Waals surface area contributed by atoms with E-state index in [0.29, 0.717) is 30.1 Å². The molecule has 0 aliphatic rings. The number of thioether (sulfide) groups is 1. The highest BCUT2D eigenvalue weighted by molar-refractivity contribution is 7.99. The molecule has 3 aromatic rings. The third-order valence-electron chi connectivity index (χ3n) is 4.15. The van der Waals surface area contributed by atoms with Gasteiger partial charge in [-0.25, -0.2) is 8.42 Å². The van der Waals surface area contributed by atoms with Gasteiger partial charge in [-0.1, -0.05) is 29.5 Å². The molecule has 0 N–H and O–H groups in total. The van der Waals surface area contributed by atoms with E-state index in [4.69, 9.17) is 4.74 Å². The summed E-state index contributed by atoms with van der Waals surface area (Å²) < 4.78 is 31.5. The lowest BCUT2D eigenvalue weighted by Gasteiger charge is -2.05. The minimum absolute atomic E-state index is 0.200. The van der Waals surface area contributed by atoms with Crippen molar-refractivity contribution in [1.29, 1.82) is 0 Å². The summed E-state index contributed by atoms with van der Waals surface area (Å²) in [5.41, 5.74) is 0.838. The monoisotopic (exact) mass is 450 g/mol. The molecule has 0 radical (unpaired) electrons. The van der Waals surface area contributed by atoms with Crippen molar-refractivity contribution < 1.29 is 17.9 Å². The SMILES string of the molecule is COCCn1c(=NC(=O)CCSc2ccccc2)sc2cc(S(C)(=O)=O)ccc21. The lowest BCUT2D eigenvalue weighted by atomic mass is 10.3. The fraction of sp³-hybridized carbons (Fsp3) is 0.300. The highest BCUT2D eigenvalue weighted by atomic mass is 32.2. The Morgan fingerprint density at radius 3 is 2.66 bits per heavy atom. The molecule has 0 saturated heterocycles. The van der Waals surface area contributed by atoms with Crippen molar-refractivity contribution >= 4 is 49.1 Å². The van der Waals surface area contributed by atoms with Crippen molar-refractivity contribution in [3.05, 3.63) is 53.3 Å². The summed E-state index contributed by atoms with van der Waals surface area (Å²) in [7, 11) is -1.69. The molecule has 1 aromatic heterocycles. The van der Waals surface area contributed by atoms with Gasteiger partial charge in [-0.15, -0.1) is 11.8 Å². The number of sulfone groups is 1. The van der Waals surface area contributed by atoms with Crippen LogP contribution < -0.4 is 4.80 Å². The molecular formula is C20H22N2O4S3. The summed E-state index contributed by atoms with van der Waals surface area (Å²) in [5, 5.41) is 0. The number of aromatic nitrogens is 1. The molecule has 1 amide bonds. The van der Waals surface area contributed by atoms with Crippen LogP contribution >= 0.6 is 23.1 Å². The number of benzene rings is 2. The molecule has 0 atom stereocenters. The first kappa shape index (κ1) is 21.8. The molecule has 0 aliphatic carbocycles. The van der Waals surface area contributed by atoms with Crippen molar-refractivity contribution in [2.24, 2.45) is 4.99 Å². The number of nitrogens with zero attached hydrogens (tertiary/aromatic N) is 2. The summed E-state index contributed by atoms with van der Waals surface area (Å²) in [6.07, 6.45) is 1.51. The highest BCUT2D eigenvalue weighted by Gasteiger charge is 2.13. The molecule has 2 aromatic carbocycles. The number of fused-ring (bicyclic) bond motifs is 1. The van der Waals surface area contributed by atoms with E-state index in [2.05, 4.69) is 4.99 Å². The van der Waals surface area contributed by atoms with E-state index in [9.17, 15) is 13.2 Å². The van der Waals surface area contributed by atoms with E-state index in [1.54, 1.807) is 37.1 Å². The van der Waals surface area contributed by atoms with Crippen molar-refractivity contribution in [3.8, 4) is 0 Å². The van der Waals surface area contributed by atoms with Gasteiger partial charge in [-0.2, -0.15) is 4.99 Å². The maximum Gasteiger partial charge on any atom is 0.249 e. The van der Waals surface area contributed by atoms with Gasteiger partial charge in [0.1, 0.15) is 0 Å². The number of rotatable bonds is 8. The molecule has 0 fully saturated rings. The first-order valence-corrected chi connectivity index (χ1v) is 12.7. The minimum Gasteiger partial charge on any atom is -0.383 e. The highest BCUT2D eigenvalue weighted by Crippen LogP contribution is 2.22. The van der Waals surface area contributed by atoms with Crippen molar-refractivity contribution in [1.82, 2.24) is 4.57 Å². The molecule has 1 heterocycles. The first-order valence-electron chi connectivity index (χ1n) is 8.96. The summed E-state index contributed by atoms with van der Waals surface area (Å²) >= 11 is 2.93. The molecular weight excluding hydrogens is 428 g/mol. The smallest absolute Gasteiger partial charge is 0.249 e. The Labute approximate surface area is 178 Å². The summed E-state index contributed by atoms with van der Waals surface area (Å²) in [6.45, 7) is 0.991. The maximum atomic E-state index is 12.4. The number of ether oxygens (including phenoxy) is 1. The van der Waals surface area contributed by atoms with Crippen LogP contribution in [0.15, 0.2) is 63.3 Å². The molecule has 154 valence electrons. The van der Waals surface area contributed by atoms with Crippen LogP contribution in [-0.2, 0) is 25.9 Å². The number of hydrogen-bond donors (Lipinski definition) is 0. The van der Waals surface area contributed by atoms with Gasteiger partial charge in [0, 0.05) is 37.0 Å². The van der Waals surface area contributed by atoms with Crippen LogP contribution in [0.2, 0.25) is 0 Å². The van der Waals surface area contributed by atoms with Gasteiger partial charge in [0.25, 0.3) is 0 Å². The van der Waals surface area contributed by atoms with Gasteiger partial charge in [0.2, 0.25) is 5.91 Å². The van der Waals surface area contributed by atoms with Crippen LogP contribution in [0.3, 0.4) is 0 Å². The maximum absolute atomic E-state index is 12.4. The zero-order valence-corrected chi connectivity index (χ0v) is 18.6. The van der Waals surface area contributed by atoms with Gasteiger partial charge >= 0.3 is 0 Å². The quantitative estimate of drug-likeness (QED) is 0.492. The van der Waals surface area contributed by atoms with Crippen LogP contribution in [0.4, 0.5) is 0 Å². The molecule has 0 unspecified atom stereocenters. The van der Waals surface area contributed by atoms with Crippen LogP contribution in [0.5, 0.6) is 0 Å². The van der Waals surface area contributed by atoms with Crippen molar-refractivity contribution in [2.45, 2.75) is 22.8 Å². The molecule has 0 bridgehead atoms. The van der Waals surface area contributed by atoms with E-state index in [1.165, 1.54) is 17.6 Å². The number of methoxy groups -OCH3 is 1. The van der Waals surface area contributed by atoms with E-state index < -0.39 is 9.84 Å². The first-order chi connectivity index (χ1) is 13.9. The second kappa shape index (κ2) is 9.71. The lowest BCUT2D eigenvalue weighted by molar-refractivity contribution is -0.117. The second-order valence-corrected chi connectivity index (χ2v) is 10.5. The van der Waals surface area contributed by atoms with Crippen LogP contribution in [0, 0.1) is 0 Å². The normalized spacial score (nSPS) is 12.6. The summed E-state index contributed by atoms with van der Waals surface area (Å²) in [5.74, 6) is 0.447. The zero-order chi connectivity index (χ0) is 20.9. The fourth-order valence-corrected chi connectivity index (χ4v) is 5.40. The van der Waals surface area contributed by atoms with E-state index in [0.717, 1.165) is 15.1 Å². The molecule has 3 rings (SSSR count). The molecule has 0 aliphatic heterocycles. The number of carbonyl (C=O) groups excluding carboxylic acids is 1. The molecule has 0 spiro atoms. The molecule has 29 heavy (non-hydrogen) atoms. The molecule has 6 nitrogen and oxygen atoms in total. The lowest BCUT2D eigenvalue weighted by Crippen LogP contribution is -2.19. The summed E-state index contributed by atoms with van der Waals surface area (Å²) in [6, 6.07) is 14.9. The average Bonchev–Trinajstić information content (AvgIpc) is 3.02. The number of hydrogen-bond acceptors (Lipinski definition) is 6. The minimum atomic E-state index is -3.30. The van der Waals surface area contributed by atoms with Gasteiger partial charge in [-0.3, -0.25) is 4.79 Å². The van der Waals surface area contributed by atoms with E-state index in [-0.39, 0.29) is 10.8 Å². The Bertz CT molecular complexity index is 1170. The van der Waals surface area contributed by atoms with Crippen LogP contribution in [0.25, 0.3) is 10.2 Å². The second-order valence-electron chi connectivity index (χ2n) is 6.35. The zero-order valence-electron chi connectivity index (χ0n) is 16.2. The Balaban J connectivity index is 1.86. The third-order valence-corrected chi connectivity index (χ3v) is 7.31.